The van der Waals surface area contributed by atoms with E-state index in [2.05, 4.69) is 36.6 Å². The number of carbonyl (C=O) groups is 1. The molecule has 0 radical (unpaired) electrons. The molecule has 1 amide bonds. The van der Waals surface area contributed by atoms with Crippen LogP contribution in [-0.4, -0.2) is 35.2 Å². The van der Waals surface area contributed by atoms with Gasteiger partial charge in [-0.15, -0.1) is 16.0 Å². The summed E-state index contributed by atoms with van der Waals surface area (Å²) in [5.41, 5.74) is 0.191. The number of hydrogen-bond acceptors (Lipinski definition) is 7. The predicted molar refractivity (Wildman–Crippen MR) is 121 cm³/mol. The molecule has 0 saturated heterocycles. The van der Waals surface area contributed by atoms with E-state index in [9.17, 15) is 14.8 Å². The largest absolute Gasteiger partial charge is 0.505 e. The molecule has 166 valence electrons. The van der Waals surface area contributed by atoms with Gasteiger partial charge in [0.1, 0.15) is 6.04 Å². The molecule has 0 bridgehead atoms. The number of phenolic OH excluding ortho intramolecular Hbond substituents is 1. The van der Waals surface area contributed by atoms with E-state index in [0.717, 1.165) is 4.88 Å². The van der Waals surface area contributed by atoms with Gasteiger partial charge in [0.15, 0.2) is 10.3 Å². The fourth-order valence-corrected chi connectivity index (χ4v) is 4.31. The second-order valence-corrected chi connectivity index (χ2v) is 9.91. The van der Waals surface area contributed by atoms with Gasteiger partial charge >= 0.3 is 5.82 Å². The van der Waals surface area contributed by atoms with E-state index in [-0.39, 0.29) is 46.0 Å². The Balaban J connectivity index is 1.96. The SMILES string of the molecule is Cc1ccc([C@H](Nc2c(Nc3cccc(C(=O)N(C)C)c3O)[nH]o[n+]2=O)C(C)(C)C)s1. The average molecular weight is 447 g/mol. The van der Waals surface area contributed by atoms with Crippen LogP contribution in [0.2, 0.25) is 0 Å². The Morgan fingerprint density at radius 3 is 2.55 bits per heavy atom. The Morgan fingerprint density at radius 1 is 1.26 bits per heavy atom. The summed E-state index contributed by atoms with van der Waals surface area (Å²) in [5, 5.41) is 19.4. The summed E-state index contributed by atoms with van der Waals surface area (Å²) in [4.78, 5) is 28.3. The van der Waals surface area contributed by atoms with Gasteiger partial charge < -0.3 is 15.3 Å². The summed E-state index contributed by atoms with van der Waals surface area (Å²) in [5.74, 6) is -0.201. The second kappa shape index (κ2) is 8.46. The summed E-state index contributed by atoms with van der Waals surface area (Å²) in [7, 11) is 3.21. The molecule has 0 aliphatic heterocycles. The quantitative estimate of drug-likeness (QED) is 0.421. The van der Waals surface area contributed by atoms with E-state index in [0.29, 0.717) is 4.60 Å². The van der Waals surface area contributed by atoms with E-state index in [1.165, 1.54) is 15.8 Å². The minimum atomic E-state index is -0.338. The minimum absolute atomic E-state index is 0.134. The van der Waals surface area contributed by atoms with Gasteiger partial charge in [-0.1, -0.05) is 32.0 Å². The van der Waals surface area contributed by atoms with E-state index >= 15 is 0 Å². The van der Waals surface area contributed by atoms with Crippen LogP contribution in [0.1, 0.15) is 46.9 Å². The lowest BCUT2D eigenvalue weighted by molar-refractivity contribution is -0.701. The maximum absolute atomic E-state index is 12.4. The molecule has 10 heteroatoms. The number of H-pyrrole nitrogens is 1. The molecule has 1 aromatic carbocycles. The molecule has 9 nitrogen and oxygen atoms in total. The molecule has 0 aliphatic carbocycles. The smallest absolute Gasteiger partial charge is 0.367 e. The molecule has 2 aromatic heterocycles. The molecule has 4 N–H and O–H groups in total. The number of amides is 1. The van der Waals surface area contributed by atoms with Crippen LogP contribution in [0.25, 0.3) is 0 Å². The summed E-state index contributed by atoms with van der Waals surface area (Å²) < 4.78 is 5.28. The summed E-state index contributed by atoms with van der Waals surface area (Å²) in [6.45, 7) is 8.26. The number of benzene rings is 1. The van der Waals surface area contributed by atoms with Crippen LogP contribution in [0.15, 0.2) is 35.0 Å². The van der Waals surface area contributed by atoms with Crippen LogP contribution in [0, 0.1) is 17.2 Å². The number of aromatic hydroxyl groups is 1. The van der Waals surface area contributed by atoms with Crippen LogP contribution < -0.4 is 15.2 Å². The first-order chi connectivity index (χ1) is 14.5. The van der Waals surface area contributed by atoms with Crippen LogP contribution in [0.5, 0.6) is 5.75 Å². The molecule has 0 fully saturated rings. The minimum Gasteiger partial charge on any atom is -0.505 e. The van der Waals surface area contributed by atoms with Crippen molar-refractivity contribution in [2.75, 3.05) is 24.7 Å². The van der Waals surface area contributed by atoms with Gasteiger partial charge in [0.05, 0.1) is 11.3 Å². The van der Waals surface area contributed by atoms with Crippen molar-refractivity contribution in [2.45, 2.75) is 33.7 Å². The van der Waals surface area contributed by atoms with Gasteiger partial charge in [-0.2, -0.15) is 0 Å². The third-order valence-electron chi connectivity index (χ3n) is 4.78. The van der Waals surface area contributed by atoms with Crippen LogP contribution in [-0.2, 0) is 0 Å². The number of nitrogens with one attached hydrogen (secondary N) is 3. The zero-order valence-electron chi connectivity index (χ0n) is 18.4. The zero-order chi connectivity index (χ0) is 22.9. The zero-order valence-corrected chi connectivity index (χ0v) is 19.3. The maximum Gasteiger partial charge on any atom is 0.367 e. The molecule has 3 aromatic rings. The molecule has 3 rings (SSSR count). The number of aryl methyl sites for hydroxylation is 1. The molecule has 0 unspecified atom stereocenters. The van der Waals surface area contributed by atoms with Crippen molar-refractivity contribution in [3.63, 3.8) is 0 Å². The predicted octanol–water partition coefficient (Wildman–Crippen LogP) is 4.24. The van der Waals surface area contributed by atoms with Gasteiger partial charge in [-0.3, -0.25) is 10.1 Å². The Kier molecular flexibility index (Phi) is 6.12. The van der Waals surface area contributed by atoms with E-state index in [1.54, 1.807) is 37.6 Å². The van der Waals surface area contributed by atoms with Crippen molar-refractivity contribution in [2.24, 2.45) is 5.41 Å². The van der Waals surface area contributed by atoms with Crippen molar-refractivity contribution in [1.29, 1.82) is 0 Å². The van der Waals surface area contributed by atoms with Gasteiger partial charge in [0, 0.05) is 29.3 Å². The molecular weight excluding hydrogens is 418 g/mol. The van der Waals surface area contributed by atoms with Crippen molar-refractivity contribution in [1.82, 2.24) is 10.1 Å². The number of hydrogen-bond donors (Lipinski definition) is 4. The third-order valence-corrected chi connectivity index (χ3v) is 5.84. The van der Waals surface area contributed by atoms with Crippen molar-refractivity contribution in [3.8, 4) is 5.75 Å². The first kappa shape index (κ1) is 22.4. The molecule has 0 spiro atoms. The summed E-state index contributed by atoms with van der Waals surface area (Å²) >= 11 is 1.65. The van der Waals surface area contributed by atoms with Gasteiger partial charge in [-0.05, 0) is 36.1 Å². The fourth-order valence-electron chi connectivity index (χ4n) is 3.13. The number of aromatic nitrogens is 2. The first-order valence-electron chi connectivity index (χ1n) is 9.77. The highest BCUT2D eigenvalue weighted by Gasteiger charge is 2.34. The van der Waals surface area contributed by atoms with Crippen molar-refractivity contribution < 1.29 is 19.1 Å². The standard InChI is InChI=1S/C21H27N5O4S/c1-12-10-11-15(31-12)17(21(2,3)4)23-19-18(24-30-26(19)29)22-14-9-7-8-13(16(14)27)20(28)25(5)6/h7-11,17H,1-6H3,(H3-,22,23,24,27,28,29)/p+1/t17-/m0/s1. The lowest BCUT2D eigenvalue weighted by Gasteiger charge is -2.27. The molecule has 0 saturated carbocycles. The molecule has 31 heavy (non-hydrogen) atoms. The second-order valence-electron chi connectivity index (χ2n) is 8.59. The number of carbonyl (C=O) groups excluding carboxylic acids is 1. The van der Waals surface area contributed by atoms with E-state index in [4.69, 9.17) is 4.63 Å². The van der Waals surface area contributed by atoms with E-state index < -0.39 is 0 Å². The number of rotatable bonds is 6. The number of thiophene rings is 1. The molecular formula is C21H28N5O4S+. The molecule has 0 aliphatic rings. The topological polar surface area (TPSA) is 116 Å². The fraction of sp³-hybridized carbons (Fsp3) is 0.381. The lowest BCUT2D eigenvalue weighted by atomic mass is 9.86. The maximum atomic E-state index is 12.4. The first-order valence-corrected chi connectivity index (χ1v) is 10.6. The van der Waals surface area contributed by atoms with Crippen molar-refractivity contribution >= 4 is 34.6 Å². The Morgan fingerprint density at radius 2 is 1.97 bits per heavy atom. The monoisotopic (exact) mass is 446 g/mol. The van der Waals surface area contributed by atoms with Gasteiger partial charge in [-0.25, -0.2) is 0 Å². The highest BCUT2D eigenvalue weighted by atomic mass is 32.1. The Hall–Kier alpha value is -3.27. The van der Waals surface area contributed by atoms with Crippen molar-refractivity contribution in [3.05, 3.63) is 50.6 Å². The van der Waals surface area contributed by atoms with Crippen LogP contribution in [0.3, 0.4) is 0 Å². The van der Waals surface area contributed by atoms with E-state index in [1.807, 2.05) is 19.1 Å². The van der Waals surface area contributed by atoms with Crippen LogP contribution in [0.4, 0.5) is 17.3 Å². The highest BCUT2D eigenvalue weighted by Crippen LogP contribution is 2.40. The summed E-state index contributed by atoms with van der Waals surface area (Å²) in [6, 6.07) is 8.68. The third kappa shape index (κ3) is 4.74. The Bertz CT molecular complexity index is 1140. The number of para-hydroxylation sites is 1. The molecule has 2 heterocycles. The van der Waals surface area contributed by atoms with Crippen LogP contribution >= 0.6 is 11.3 Å². The number of phenols is 1. The summed E-state index contributed by atoms with van der Waals surface area (Å²) in [6.07, 6.45) is 0. The lowest BCUT2D eigenvalue weighted by Crippen LogP contribution is -2.29. The molecule has 1 atom stereocenters. The van der Waals surface area contributed by atoms with Gasteiger partial charge in [0.25, 0.3) is 11.7 Å². The number of aromatic amines is 1. The highest BCUT2D eigenvalue weighted by molar-refractivity contribution is 7.12. The Labute approximate surface area is 184 Å². The average Bonchev–Trinajstić information content (AvgIpc) is 3.25. The number of anilines is 3. The van der Waals surface area contributed by atoms with Gasteiger partial charge in [0.2, 0.25) is 0 Å². The normalized spacial score (nSPS) is 12.5. The number of nitrogens with zero attached hydrogens (tertiary/aromatic N) is 2.